The lowest BCUT2D eigenvalue weighted by Gasteiger charge is -2.24. The lowest BCUT2D eigenvalue weighted by Crippen LogP contribution is -2.31. The Labute approximate surface area is 107 Å². The van der Waals surface area contributed by atoms with Crippen LogP contribution in [0.1, 0.15) is 31.2 Å². The van der Waals surface area contributed by atoms with Gasteiger partial charge in [0.1, 0.15) is 0 Å². The number of hydrogen-bond donors (Lipinski definition) is 2. The molecule has 1 fully saturated rings. The number of carbonyl (C=O) groups is 1. The second kappa shape index (κ2) is 6.31. The molecule has 1 aliphatic carbocycles. The number of aliphatic carboxylic acids is 1. The van der Waals surface area contributed by atoms with Gasteiger partial charge in [0, 0.05) is 31.1 Å². The molecule has 2 N–H and O–H groups in total. The van der Waals surface area contributed by atoms with Crippen LogP contribution in [-0.2, 0) is 11.3 Å². The zero-order valence-electron chi connectivity index (χ0n) is 10.3. The molecule has 1 aromatic heterocycles. The third-order valence-electron chi connectivity index (χ3n) is 3.27. The average Bonchev–Trinajstić information content (AvgIpc) is 2.38. The second-order valence-corrected chi connectivity index (χ2v) is 4.66. The Morgan fingerprint density at radius 3 is 2.89 bits per heavy atom. The van der Waals surface area contributed by atoms with E-state index in [0.717, 1.165) is 37.8 Å². The molecule has 0 amide bonds. The number of nitrogens with zero attached hydrogens (tertiary/aromatic N) is 1. The largest absolute Gasteiger partial charge is 0.478 e. The highest BCUT2D eigenvalue weighted by Gasteiger charge is 2.16. The Hall–Kier alpha value is -1.68. The van der Waals surface area contributed by atoms with E-state index in [1.807, 2.05) is 12.3 Å². The maximum absolute atomic E-state index is 10.6. The summed E-state index contributed by atoms with van der Waals surface area (Å²) in [4.78, 5) is 14.6. The first-order valence-electron chi connectivity index (χ1n) is 6.28. The molecule has 0 spiro atoms. The topological polar surface area (TPSA) is 62.2 Å². The highest BCUT2D eigenvalue weighted by atomic mass is 16.4. The fourth-order valence-corrected chi connectivity index (χ4v) is 2.28. The summed E-state index contributed by atoms with van der Waals surface area (Å²) in [6.45, 7) is 0.830. The molecule has 2 rings (SSSR count). The van der Waals surface area contributed by atoms with Crippen molar-refractivity contribution in [1.82, 2.24) is 10.3 Å². The van der Waals surface area contributed by atoms with Crippen molar-refractivity contribution >= 4 is 5.97 Å². The van der Waals surface area contributed by atoms with Crippen LogP contribution >= 0.6 is 0 Å². The molecule has 96 valence electrons. The summed E-state index contributed by atoms with van der Waals surface area (Å²) < 4.78 is 0. The number of nitrogens with one attached hydrogen (secondary N) is 1. The van der Waals surface area contributed by atoms with E-state index < -0.39 is 5.97 Å². The zero-order valence-corrected chi connectivity index (χ0v) is 10.3. The van der Waals surface area contributed by atoms with Gasteiger partial charge in [-0.2, -0.15) is 0 Å². The standard InChI is InChI=1S/C14H18N2O2/c17-14(18)8-11-3-5-13(6-4-11)16-10-12-2-1-7-15-9-12/h1-2,7-9,13,16H,3-6,10H2,(H,17,18). The maximum atomic E-state index is 10.6. The zero-order chi connectivity index (χ0) is 12.8. The lowest BCUT2D eigenvalue weighted by molar-refractivity contribution is -0.131. The number of pyridine rings is 1. The minimum absolute atomic E-state index is 0.483. The fraction of sp³-hybridized carbons (Fsp3) is 0.429. The Kier molecular flexibility index (Phi) is 4.47. The van der Waals surface area contributed by atoms with E-state index >= 15 is 0 Å². The van der Waals surface area contributed by atoms with Crippen LogP contribution in [0.25, 0.3) is 0 Å². The van der Waals surface area contributed by atoms with Crippen molar-refractivity contribution in [3.63, 3.8) is 0 Å². The summed E-state index contributed by atoms with van der Waals surface area (Å²) in [7, 11) is 0. The van der Waals surface area contributed by atoms with Crippen LogP contribution in [0, 0.1) is 0 Å². The molecular weight excluding hydrogens is 228 g/mol. The van der Waals surface area contributed by atoms with Crippen LogP contribution in [0.2, 0.25) is 0 Å². The van der Waals surface area contributed by atoms with Gasteiger partial charge in [0.2, 0.25) is 0 Å². The number of aromatic nitrogens is 1. The van der Waals surface area contributed by atoms with Crippen LogP contribution in [0.4, 0.5) is 0 Å². The van der Waals surface area contributed by atoms with Gasteiger partial charge in [-0.1, -0.05) is 11.6 Å². The first kappa shape index (κ1) is 12.8. The van der Waals surface area contributed by atoms with Crippen molar-refractivity contribution in [3.05, 3.63) is 41.7 Å². The third kappa shape index (κ3) is 3.96. The Balaban J connectivity index is 1.76. The van der Waals surface area contributed by atoms with Crippen molar-refractivity contribution in [2.24, 2.45) is 0 Å². The summed E-state index contributed by atoms with van der Waals surface area (Å²) in [6, 6.07) is 4.47. The number of carboxylic acid groups (broad SMARTS) is 1. The minimum Gasteiger partial charge on any atom is -0.478 e. The summed E-state index contributed by atoms with van der Waals surface area (Å²) in [5, 5.41) is 12.2. The first-order valence-corrected chi connectivity index (χ1v) is 6.28. The summed E-state index contributed by atoms with van der Waals surface area (Å²) in [5.74, 6) is -0.827. The predicted molar refractivity (Wildman–Crippen MR) is 69.1 cm³/mol. The summed E-state index contributed by atoms with van der Waals surface area (Å²) >= 11 is 0. The maximum Gasteiger partial charge on any atom is 0.328 e. The van der Waals surface area contributed by atoms with Crippen molar-refractivity contribution in [2.75, 3.05) is 0 Å². The third-order valence-corrected chi connectivity index (χ3v) is 3.27. The highest BCUT2D eigenvalue weighted by Crippen LogP contribution is 2.23. The molecule has 18 heavy (non-hydrogen) atoms. The SMILES string of the molecule is O=C(O)C=C1CCC(NCc2cccnc2)CC1. The minimum atomic E-state index is -0.827. The van der Waals surface area contributed by atoms with Crippen LogP contribution in [0.5, 0.6) is 0 Å². The molecule has 0 saturated heterocycles. The molecule has 0 unspecified atom stereocenters. The Bertz CT molecular complexity index is 419. The molecular formula is C14H18N2O2. The smallest absolute Gasteiger partial charge is 0.328 e. The van der Waals surface area contributed by atoms with E-state index in [1.54, 1.807) is 6.20 Å². The van der Waals surface area contributed by atoms with Gasteiger partial charge in [0.25, 0.3) is 0 Å². The molecule has 0 bridgehead atoms. The normalized spacial score (nSPS) is 19.6. The van der Waals surface area contributed by atoms with E-state index in [9.17, 15) is 4.79 Å². The van der Waals surface area contributed by atoms with Gasteiger partial charge in [0.15, 0.2) is 0 Å². The van der Waals surface area contributed by atoms with Crippen molar-refractivity contribution in [2.45, 2.75) is 38.3 Å². The van der Waals surface area contributed by atoms with E-state index in [4.69, 9.17) is 5.11 Å². The predicted octanol–water partition coefficient (Wildman–Crippen LogP) is 2.12. The lowest BCUT2D eigenvalue weighted by atomic mass is 9.90. The van der Waals surface area contributed by atoms with Gasteiger partial charge in [-0.25, -0.2) is 4.79 Å². The van der Waals surface area contributed by atoms with Crippen LogP contribution in [0.3, 0.4) is 0 Å². The van der Waals surface area contributed by atoms with E-state index in [-0.39, 0.29) is 0 Å². The molecule has 0 atom stereocenters. The van der Waals surface area contributed by atoms with Gasteiger partial charge >= 0.3 is 5.97 Å². The fourth-order valence-electron chi connectivity index (χ4n) is 2.28. The van der Waals surface area contributed by atoms with Crippen molar-refractivity contribution in [1.29, 1.82) is 0 Å². The Morgan fingerprint density at radius 2 is 2.28 bits per heavy atom. The van der Waals surface area contributed by atoms with E-state index in [0.29, 0.717) is 6.04 Å². The van der Waals surface area contributed by atoms with Crippen LogP contribution in [0.15, 0.2) is 36.2 Å². The number of rotatable bonds is 4. The monoisotopic (exact) mass is 246 g/mol. The molecule has 1 aliphatic rings. The number of carboxylic acids is 1. The molecule has 4 nitrogen and oxygen atoms in total. The summed E-state index contributed by atoms with van der Waals surface area (Å²) in [5.41, 5.74) is 2.24. The van der Waals surface area contributed by atoms with Gasteiger partial charge in [-0.15, -0.1) is 0 Å². The van der Waals surface area contributed by atoms with Crippen molar-refractivity contribution < 1.29 is 9.90 Å². The quantitative estimate of drug-likeness (QED) is 0.799. The van der Waals surface area contributed by atoms with Gasteiger partial charge in [0.05, 0.1) is 0 Å². The molecule has 0 aliphatic heterocycles. The van der Waals surface area contributed by atoms with Gasteiger partial charge in [-0.05, 0) is 37.3 Å². The molecule has 0 aromatic carbocycles. The first-order chi connectivity index (χ1) is 8.74. The van der Waals surface area contributed by atoms with Crippen LogP contribution < -0.4 is 5.32 Å². The number of hydrogen-bond acceptors (Lipinski definition) is 3. The van der Waals surface area contributed by atoms with Crippen molar-refractivity contribution in [3.8, 4) is 0 Å². The molecule has 1 saturated carbocycles. The average molecular weight is 246 g/mol. The number of allylic oxidation sites excluding steroid dienone is 1. The molecule has 1 heterocycles. The van der Waals surface area contributed by atoms with Crippen LogP contribution in [-0.4, -0.2) is 22.1 Å². The summed E-state index contributed by atoms with van der Waals surface area (Å²) in [6.07, 6.45) is 8.79. The Morgan fingerprint density at radius 1 is 1.50 bits per heavy atom. The van der Waals surface area contributed by atoms with Gasteiger partial charge < -0.3 is 10.4 Å². The molecule has 4 heteroatoms. The second-order valence-electron chi connectivity index (χ2n) is 4.66. The van der Waals surface area contributed by atoms with Gasteiger partial charge in [-0.3, -0.25) is 4.98 Å². The molecule has 1 aromatic rings. The highest BCUT2D eigenvalue weighted by molar-refractivity contribution is 5.80. The van der Waals surface area contributed by atoms with E-state index in [1.165, 1.54) is 11.6 Å². The molecule has 0 radical (unpaired) electrons. The van der Waals surface area contributed by atoms with E-state index in [2.05, 4.69) is 16.4 Å².